The Hall–Kier alpha value is -1.63. The minimum atomic E-state index is -0.475. The van der Waals surface area contributed by atoms with Crippen LogP contribution in [0.25, 0.3) is 0 Å². The Bertz CT molecular complexity index is 582. The largest absolute Gasteiger partial charge is 0.356 e. The van der Waals surface area contributed by atoms with Crippen LogP contribution < -0.4 is 10.6 Å². The van der Waals surface area contributed by atoms with Crippen LogP contribution in [-0.4, -0.2) is 36.5 Å². The number of nitrogens with zero attached hydrogens (tertiary/aromatic N) is 1. The zero-order valence-corrected chi connectivity index (χ0v) is 14.7. The molecule has 0 spiro atoms. The van der Waals surface area contributed by atoms with Gasteiger partial charge in [0.05, 0.1) is 5.69 Å². The van der Waals surface area contributed by atoms with Crippen molar-refractivity contribution in [3.8, 4) is 0 Å². The number of urea groups is 1. The van der Waals surface area contributed by atoms with Gasteiger partial charge in [-0.05, 0) is 37.0 Å². The fraction of sp³-hybridized carbons (Fsp3) is 0.500. The van der Waals surface area contributed by atoms with Crippen molar-refractivity contribution < 1.29 is 14.0 Å². The highest BCUT2D eigenvalue weighted by atomic mass is 79.9. The molecule has 2 N–H and O–H groups in total. The molecule has 0 aliphatic carbocycles. The Morgan fingerprint density at radius 1 is 1.43 bits per heavy atom. The number of likely N-dealkylation sites (tertiary alicyclic amines) is 1. The van der Waals surface area contributed by atoms with Gasteiger partial charge in [-0.25, -0.2) is 9.18 Å². The fourth-order valence-corrected chi connectivity index (χ4v) is 2.92. The highest BCUT2D eigenvalue weighted by Crippen LogP contribution is 2.21. The monoisotopic (exact) mass is 385 g/mol. The second-order valence-corrected chi connectivity index (χ2v) is 6.58. The topological polar surface area (TPSA) is 61.4 Å². The Morgan fingerprint density at radius 3 is 2.91 bits per heavy atom. The zero-order chi connectivity index (χ0) is 16.8. The van der Waals surface area contributed by atoms with E-state index in [0.29, 0.717) is 30.5 Å². The van der Waals surface area contributed by atoms with Crippen molar-refractivity contribution in [2.75, 3.05) is 25.0 Å². The van der Waals surface area contributed by atoms with Crippen LogP contribution in [-0.2, 0) is 4.79 Å². The summed E-state index contributed by atoms with van der Waals surface area (Å²) >= 11 is 3.18. The lowest BCUT2D eigenvalue weighted by atomic mass is 9.98. The molecule has 1 aliphatic heterocycles. The molecule has 23 heavy (non-hydrogen) atoms. The third-order valence-electron chi connectivity index (χ3n) is 3.89. The number of nitrogens with one attached hydrogen (secondary N) is 2. The van der Waals surface area contributed by atoms with E-state index in [1.54, 1.807) is 11.0 Å². The molecule has 0 aromatic heterocycles. The summed E-state index contributed by atoms with van der Waals surface area (Å²) < 4.78 is 14.4. The first-order chi connectivity index (χ1) is 11.0. The van der Waals surface area contributed by atoms with Crippen LogP contribution in [0.5, 0.6) is 0 Å². The van der Waals surface area contributed by atoms with E-state index in [0.717, 1.165) is 12.8 Å². The molecule has 1 unspecified atom stereocenters. The first kappa shape index (κ1) is 17.7. The molecule has 1 atom stereocenters. The molecule has 5 nitrogen and oxygen atoms in total. The van der Waals surface area contributed by atoms with Crippen molar-refractivity contribution in [3.05, 3.63) is 28.5 Å². The smallest absolute Gasteiger partial charge is 0.321 e. The standard InChI is InChI=1S/C16H21BrFN3O2/c1-2-15(22)19-9-11-4-3-7-21(10-11)16(23)20-14-6-5-12(17)8-13(14)18/h5-6,8,11H,2-4,7,9-10H2,1H3,(H,19,22)(H,20,23). The molecule has 2 rings (SSSR count). The first-order valence-corrected chi connectivity index (χ1v) is 8.56. The molecule has 3 amide bonds. The van der Waals surface area contributed by atoms with Gasteiger partial charge in [0, 0.05) is 30.5 Å². The van der Waals surface area contributed by atoms with E-state index in [9.17, 15) is 14.0 Å². The summed E-state index contributed by atoms with van der Waals surface area (Å²) in [6.45, 7) is 3.59. The maximum Gasteiger partial charge on any atom is 0.321 e. The molecular formula is C16H21BrFN3O2. The van der Waals surface area contributed by atoms with E-state index in [2.05, 4.69) is 26.6 Å². The van der Waals surface area contributed by atoms with Gasteiger partial charge in [-0.3, -0.25) is 4.79 Å². The van der Waals surface area contributed by atoms with Gasteiger partial charge in [-0.2, -0.15) is 0 Å². The van der Waals surface area contributed by atoms with Gasteiger partial charge >= 0.3 is 6.03 Å². The number of anilines is 1. The number of rotatable bonds is 4. The average Bonchev–Trinajstić information content (AvgIpc) is 2.55. The van der Waals surface area contributed by atoms with Crippen LogP contribution >= 0.6 is 15.9 Å². The molecule has 0 bridgehead atoms. The van der Waals surface area contributed by atoms with Crippen molar-refractivity contribution in [3.63, 3.8) is 0 Å². The Kier molecular flexibility index (Phi) is 6.38. The van der Waals surface area contributed by atoms with Crippen molar-refractivity contribution in [2.24, 2.45) is 5.92 Å². The second kappa shape index (κ2) is 8.29. The van der Waals surface area contributed by atoms with Crippen molar-refractivity contribution >= 4 is 33.6 Å². The van der Waals surface area contributed by atoms with Gasteiger partial charge in [0.2, 0.25) is 5.91 Å². The molecule has 1 saturated heterocycles. The molecule has 1 aromatic rings. The van der Waals surface area contributed by atoms with Crippen molar-refractivity contribution in [1.29, 1.82) is 0 Å². The fourth-order valence-electron chi connectivity index (χ4n) is 2.58. The van der Waals surface area contributed by atoms with E-state index in [-0.39, 0.29) is 23.5 Å². The second-order valence-electron chi connectivity index (χ2n) is 5.67. The van der Waals surface area contributed by atoms with Crippen LogP contribution in [0.4, 0.5) is 14.9 Å². The molecule has 0 saturated carbocycles. The SMILES string of the molecule is CCC(=O)NCC1CCCN(C(=O)Nc2ccc(Br)cc2F)C1. The lowest BCUT2D eigenvalue weighted by Gasteiger charge is -2.32. The molecule has 0 radical (unpaired) electrons. The molecule has 7 heteroatoms. The Morgan fingerprint density at radius 2 is 2.22 bits per heavy atom. The van der Waals surface area contributed by atoms with Gasteiger partial charge < -0.3 is 15.5 Å². The Balaban J connectivity index is 1.90. The number of carbonyl (C=O) groups is 2. The minimum Gasteiger partial charge on any atom is -0.356 e. The summed E-state index contributed by atoms with van der Waals surface area (Å²) in [7, 11) is 0. The maximum absolute atomic E-state index is 13.8. The van der Waals surface area contributed by atoms with Crippen LogP contribution in [0.1, 0.15) is 26.2 Å². The van der Waals surface area contributed by atoms with Crippen LogP contribution in [0, 0.1) is 11.7 Å². The summed E-state index contributed by atoms with van der Waals surface area (Å²) in [6, 6.07) is 4.21. The maximum atomic E-state index is 13.8. The van der Waals surface area contributed by atoms with Crippen LogP contribution in [0.15, 0.2) is 22.7 Å². The third-order valence-corrected chi connectivity index (χ3v) is 4.38. The predicted octanol–water partition coefficient (Wildman–Crippen LogP) is 3.36. The lowest BCUT2D eigenvalue weighted by Crippen LogP contribution is -2.45. The summed E-state index contributed by atoms with van der Waals surface area (Å²) in [5.74, 6) is -0.222. The quantitative estimate of drug-likeness (QED) is 0.834. The number of carbonyl (C=O) groups excluding carboxylic acids is 2. The van der Waals surface area contributed by atoms with Gasteiger partial charge in [-0.1, -0.05) is 22.9 Å². The lowest BCUT2D eigenvalue weighted by molar-refractivity contribution is -0.121. The highest BCUT2D eigenvalue weighted by molar-refractivity contribution is 9.10. The summed E-state index contributed by atoms with van der Waals surface area (Å²) in [5.41, 5.74) is 0.166. The van der Waals surface area contributed by atoms with Gasteiger partial charge in [0.15, 0.2) is 0 Å². The molecule has 1 aliphatic rings. The van der Waals surface area contributed by atoms with Gasteiger partial charge in [0.25, 0.3) is 0 Å². The van der Waals surface area contributed by atoms with E-state index in [1.165, 1.54) is 12.1 Å². The number of amides is 3. The van der Waals surface area contributed by atoms with Crippen molar-refractivity contribution in [1.82, 2.24) is 10.2 Å². The average molecular weight is 386 g/mol. The molecule has 1 aromatic carbocycles. The zero-order valence-electron chi connectivity index (χ0n) is 13.1. The number of hydrogen-bond acceptors (Lipinski definition) is 2. The normalized spacial score (nSPS) is 17.7. The van der Waals surface area contributed by atoms with Crippen LogP contribution in [0.2, 0.25) is 0 Å². The van der Waals surface area contributed by atoms with Crippen molar-refractivity contribution in [2.45, 2.75) is 26.2 Å². The number of piperidine rings is 1. The van der Waals surface area contributed by atoms with Gasteiger partial charge in [0.1, 0.15) is 5.82 Å². The minimum absolute atomic E-state index is 0.0171. The summed E-state index contributed by atoms with van der Waals surface area (Å²) in [4.78, 5) is 25.3. The van der Waals surface area contributed by atoms with Crippen LogP contribution in [0.3, 0.4) is 0 Å². The van der Waals surface area contributed by atoms with E-state index in [1.807, 2.05) is 6.92 Å². The highest BCUT2D eigenvalue weighted by Gasteiger charge is 2.24. The number of hydrogen-bond donors (Lipinski definition) is 2. The predicted molar refractivity (Wildman–Crippen MR) is 90.7 cm³/mol. The molecule has 1 fully saturated rings. The van der Waals surface area contributed by atoms with Gasteiger partial charge in [-0.15, -0.1) is 0 Å². The molecule has 126 valence electrons. The number of benzene rings is 1. The third kappa shape index (κ3) is 5.20. The summed E-state index contributed by atoms with van der Waals surface area (Å²) in [5, 5.41) is 5.47. The molecule has 1 heterocycles. The first-order valence-electron chi connectivity index (χ1n) is 7.77. The number of halogens is 2. The molecular weight excluding hydrogens is 365 g/mol. The van der Waals surface area contributed by atoms with E-state index >= 15 is 0 Å². The Labute approximate surface area is 143 Å². The summed E-state index contributed by atoms with van der Waals surface area (Å²) in [6.07, 6.45) is 2.31. The van der Waals surface area contributed by atoms with E-state index < -0.39 is 5.82 Å². The van der Waals surface area contributed by atoms with E-state index in [4.69, 9.17) is 0 Å².